The normalized spacial score (nSPS) is 10.6. The van der Waals surface area contributed by atoms with Crippen LogP contribution in [0, 0.1) is 10.5 Å². The number of nitrogens with zero attached hydrogens (tertiary/aromatic N) is 2. The average Bonchev–Trinajstić information content (AvgIpc) is 2.34. The lowest BCUT2D eigenvalue weighted by atomic mass is 10.2. The number of anilines is 1. The van der Waals surface area contributed by atoms with Crippen molar-refractivity contribution in [2.75, 3.05) is 5.73 Å². The number of benzene rings is 1. The van der Waals surface area contributed by atoms with Crippen LogP contribution in [0.2, 0.25) is 5.02 Å². The maximum Gasteiger partial charge on any atom is 0.267 e. The summed E-state index contributed by atoms with van der Waals surface area (Å²) in [6.07, 6.45) is 1.57. The first-order valence-electron chi connectivity index (χ1n) is 5.25. The third-order valence-corrected chi connectivity index (χ3v) is 3.71. The van der Waals surface area contributed by atoms with Gasteiger partial charge in [-0.3, -0.25) is 9.36 Å². The van der Waals surface area contributed by atoms with Gasteiger partial charge in [0.1, 0.15) is 5.82 Å². The summed E-state index contributed by atoms with van der Waals surface area (Å²) in [6.45, 7) is 2.16. The minimum Gasteiger partial charge on any atom is -0.399 e. The summed E-state index contributed by atoms with van der Waals surface area (Å²) in [6, 6.07) is 5.23. The average molecular weight is 376 g/mol. The molecule has 0 aliphatic carbocycles. The van der Waals surface area contributed by atoms with Crippen LogP contribution in [0.4, 0.5) is 5.69 Å². The summed E-state index contributed by atoms with van der Waals surface area (Å²) in [5, 5.41) is 0.592. The van der Waals surface area contributed by atoms with Gasteiger partial charge in [0.05, 0.1) is 10.1 Å². The molecular weight excluding hydrogens is 365 g/mol. The molecule has 0 fully saturated rings. The second-order valence-corrected chi connectivity index (χ2v) is 5.46. The van der Waals surface area contributed by atoms with Crippen molar-refractivity contribution in [3.8, 4) is 0 Å². The van der Waals surface area contributed by atoms with Gasteiger partial charge in [0.25, 0.3) is 5.56 Å². The van der Waals surface area contributed by atoms with Crippen molar-refractivity contribution in [1.29, 1.82) is 0 Å². The van der Waals surface area contributed by atoms with Crippen molar-refractivity contribution in [3.63, 3.8) is 0 Å². The van der Waals surface area contributed by atoms with Crippen molar-refractivity contribution in [2.45, 2.75) is 13.5 Å². The van der Waals surface area contributed by atoms with Gasteiger partial charge in [-0.25, -0.2) is 4.98 Å². The monoisotopic (exact) mass is 375 g/mol. The van der Waals surface area contributed by atoms with E-state index in [0.717, 1.165) is 5.56 Å². The van der Waals surface area contributed by atoms with E-state index in [1.165, 1.54) is 0 Å². The van der Waals surface area contributed by atoms with Gasteiger partial charge in [0.15, 0.2) is 0 Å². The minimum atomic E-state index is -0.0680. The third-order valence-electron chi connectivity index (χ3n) is 2.60. The van der Waals surface area contributed by atoms with Crippen LogP contribution in [0.15, 0.2) is 29.2 Å². The molecule has 1 aromatic heterocycles. The van der Waals surface area contributed by atoms with Crippen LogP contribution in [0.25, 0.3) is 0 Å². The fraction of sp³-hybridized carbons (Fsp3) is 0.167. The topological polar surface area (TPSA) is 60.9 Å². The van der Waals surface area contributed by atoms with Crippen LogP contribution in [0.3, 0.4) is 0 Å². The van der Waals surface area contributed by atoms with Gasteiger partial charge in [0, 0.05) is 16.9 Å². The van der Waals surface area contributed by atoms with E-state index in [2.05, 4.69) is 4.98 Å². The molecule has 1 aromatic carbocycles. The molecule has 0 saturated heterocycles. The van der Waals surface area contributed by atoms with Crippen LogP contribution >= 0.6 is 34.2 Å². The van der Waals surface area contributed by atoms with Gasteiger partial charge < -0.3 is 5.73 Å². The summed E-state index contributed by atoms with van der Waals surface area (Å²) in [5.41, 5.74) is 7.09. The molecule has 0 atom stereocenters. The zero-order valence-corrected chi connectivity index (χ0v) is 12.6. The number of aryl methyl sites for hydroxylation is 1. The number of aromatic nitrogens is 2. The lowest BCUT2D eigenvalue weighted by molar-refractivity contribution is 0.695. The van der Waals surface area contributed by atoms with Crippen LogP contribution in [-0.4, -0.2) is 9.55 Å². The molecule has 2 aromatic rings. The minimum absolute atomic E-state index is 0.0680. The first-order chi connectivity index (χ1) is 8.49. The van der Waals surface area contributed by atoms with E-state index in [-0.39, 0.29) is 5.56 Å². The maximum absolute atomic E-state index is 12.0. The highest BCUT2D eigenvalue weighted by Gasteiger charge is 2.08. The molecule has 0 aliphatic heterocycles. The molecule has 6 heteroatoms. The van der Waals surface area contributed by atoms with Crippen molar-refractivity contribution < 1.29 is 0 Å². The fourth-order valence-corrected chi connectivity index (χ4v) is 2.23. The predicted molar refractivity (Wildman–Crippen MR) is 80.9 cm³/mol. The Morgan fingerprint density at radius 1 is 1.50 bits per heavy atom. The number of nitrogens with two attached hydrogens (primary N) is 1. The van der Waals surface area contributed by atoms with Crippen LogP contribution < -0.4 is 11.3 Å². The summed E-state index contributed by atoms with van der Waals surface area (Å²) >= 11 is 8.07. The molecule has 1 heterocycles. The number of hydrogen-bond donors (Lipinski definition) is 1. The van der Waals surface area contributed by atoms with Crippen LogP contribution in [0.1, 0.15) is 11.4 Å². The maximum atomic E-state index is 12.0. The smallest absolute Gasteiger partial charge is 0.267 e. The SMILES string of the molecule is Cc1ncc(I)c(=O)n1Cc1cc(N)ccc1Cl. The molecule has 0 unspecified atom stereocenters. The third kappa shape index (κ3) is 2.67. The summed E-state index contributed by atoms with van der Waals surface area (Å²) in [7, 11) is 0. The molecule has 0 saturated carbocycles. The molecule has 2 N–H and O–H groups in total. The van der Waals surface area contributed by atoms with Crippen molar-refractivity contribution in [3.05, 3.63) is 54.7 Å². The molecule has 0 radical (unpaired) electrons. The summed E-state index contributed by atoms with van der Waals surface area (Å²) in [5.74, 6) is 0.652. The Kier molecular flexibility index (Phi) is 3.91. The molecule has 2 rings (SSSR count). The molecular formula is C12H11ClIN3O. The van der Waals surface area contributed by atoms with Crippen LogP contribution in [0.5, 0.6) is 0 Å². The molecule has 0 aliphatic rings. The van der Waals surface area contributed by atoms with E-state index in [0.29, 0.717) is 26.6 Å². The van der Waals surface area contributed by atoms with E-state index in [1.807, 2.05) is 22.6 Å². The van der Waals surface area contributed by atoms with E-state index < -0.39 is 0 Å². The Hall–Kier alpha value is -1.08. The van der Waals surface area contributed by atoms with Gasteiger partial charge in [-0.2, -0.15) is 0 Å². The summed E-state index contributed by atoms with van der Waals surface area (Å²) in [4.78, 5) is 16.2. The number of rotatable bonds is 2. The molecule has 18 heavy (non-hydrogen) atoms. The van der Waals surface area contributed by atoms with Gasteiger partial charge in [-0.05, 0) is 53.3 Å². The lowest BCUT2D eigenvalue weighted by Crippen LogP contribution is -2.26. The molecule has 0 spiro atoms. The Morgan fingerprint density at radius 2 is 2.22 bits per heavy atom. The number of nitrogen functional groups attached to an aromatic ring is 1. The fourth-order valence-electron chi connectivity index (χ4n) is 1.62. The highest BCUT2D eigenvalue weighted by Crippen LogP contribution is 2.19. The molecule has 94 valence electrons. The van der Waals surface area contributed by atoms with Crippen molar-refractivity contribution in [2.24, 2.45) is 0 Å². The van der Waals surface area contributed by atoms with Gasteiger partial charge in [0.2, 0.25) is 0 Å². The standard InChI is InChI=1S/C12H11ClIN3O/c1-7-16-5-11(14)12(18)17(7)6-8-4-9(15)2-3-10(8)13/h2-5H,6,15H2,1H3. The second kappa shape index (κ2) is 5.27. The van der Waals surface area contributed by atoms with Gasteiger partial charge in [-0.15, -0.1) is 0 Å². The van der Waals surface area contributed by atoms with Gasteiger partial charge >= 0.3 is 0 Å². The zero-order valence-electron chi connectivity index (χ0n) is 9.65. The Morgan fingerprint density at radius 3 is 2.94 bits per heavy atom. The van der Waals surface area contributed by atoms with Crippen molar-refractivity contribution in [1.82, 2.24) is 9.55 Å². The Labute approximate surface area is 123 Å². The molecule has 4 nitrogen and oxygen atoms in total. The number of halogens is 2. The highest BCUT2D eigenvalue weighted by atomic mass is 127. The lowest BCUT2D eigenvalue weighted by Gasteiger charge is -2.11. The Balaban J connectivity index is 2.49. The molecule has 0 amide bonds. The second-order valence-electron chi connectivity index (χ2n) is 3.90. The quantitative estimate of drug-likeness (QED) is 0.648. The zero-order chi connectivity index (χ0) is 13.3. The van der Waals surface area contributed by atoms with E-state index in [1.54, 1.807) is 35.9 Å². The Bertz CT molecular complexity index is 654. The van der Waals surface area contributed by atoms with E-state index >= 15 is 0 Å². The first-order valence-corrected chi connectivity index (χ1v) is 6.70. The van der Waals surface area contributed by atoms with E-state index in [4.69, 9.17) is 17.3 Å². The van der Waals surface area contributed by atoms with Crippen molar-refractivity contribution >= 4 is 39.9 Å². The number of hydrogen-bond acceptors (Lipinski definition) is 3. The summed E-state index contributed by atoms with van der Waals surface area (Å²) < 4.78 is 2.17. The first kappa shape index (κ1) is 13.4. The van der Waals surface area contributed by atoms with Crippen LogP contribution in [-0.2, 0) is 6.54 Å². The van der Waals surface area contributed by atoms with Gasteiger partial charge in [-0.1, -0.05) is 11.6 Å². The predicted octanol–water partition coefficient (Wildman–Crippen LogP) is 2.44. The largest absolute Gasteiger partial charge is 0.399 e. The highest BCUT2D eigenvalue weighted by molar-refractivity contribution is 14.1. The van der Waals surface area contributed by atoms with E-state index in [9.17, 15) is 4.79 Å². The molecule has 0 bridgehead atoms.